The predicted octanol–water partition coefficient (Wildman–Crippen LogP) is 1.20. The summed E-state index contributed by atoms with van der Waals surface area (Å²) in [4.78, 5) is 23.6. The predicted molar refractivity (Wildman–Crippen MR) is 99.7 cm³/mol. The van der Waals surface area contributed by atoms with Crippen molar-refractivity contribution >= 4 is 33.4 Å². The number of benzene rings is 1. The maximum Gasteiger partial charge on any atom is 0.322 e. The molecule has 0 bridgehead atoms. The van der Waals surface area contributed by atoms with Crippen molar-refractivity contribution in [3.05, 3.63) is 42.7 Å². The van der Waals surface area contributed by atoms with E-state index >= 15 is 0 Å². The average molecular weight is 376 g/mol. The molecule has 2 heterocycles. The fourth-order valence-corrected chi connectivity index (χ4v) is 3.76. The average Bonchev–Trinajstić information content (AvgIpc) is 2.54. The van der Waals surface area contributed by atoms with Gasteiger partial charge < -0.3 is 15.1 Å². The van der Waals surface area contributed by atoms with Crippen LogP contribution < -0.4 is 14.9 Å². The van der Waals surface area contributed by atoms with Crippen molar-refractivity contribution < 1.29 is 13.2 Å². The first-order valence-electron chi connectivity index (χ1n) is 7.97. The number of urea groups is 1. The van der Waals surface area contributed by atoms with Gasteiger partial charge in [0.1, 0.15) is 5.25 Å². The lowest BCUT2D eigenvalue weighted by Crippen LogP contribution is -2.59. The molecule has 138 valence electrons. The summed E-state index contributed by atoms with van der Waals surface area (Å²) in [5.74, 6) is 0.532. The molecule has 10 heteroatoms. The molecule has 9 nitrogen and oxygen atoms in total. The van der Waals surface area contributed by atoms with Gasteiger partial charge in [-0.15, -0.1) is 0 Å². The maximum absolute atomic E-state index is 12.3. The Hall–Kier alpha value is -2.88. The molecule has 1 aliphatic rings. The molecular formula is C16H20N6O3S. The zero-order valence-corrected chi connectivity index (χ0v) is 15.3. The van der Waals surface area contributed by atoms with E-state index in [9.17, 15) is 13.2 Å². The van der Waals surface area contributed by atoms with E-state index < -0.39 is 15.3 Å². The summed E-state index contributed by atoms with van der Waals surface area (Å²) in [6.07, 6.45) is 3.01. The lowest BCUT2D eigenvalue weighted by atomic mass is 10.2. The first-order valence-corrected chi connectivity index (χ1v) is 9.52. The van der Waals surface area contributed by atoms with Crippen molar-refractivity contribution in [1.82, 2.24) is 14.9 Å². The van der Waals surface area contributed by atoms with Crippen LogP contribution in [-0.4, -0.2) is 61.8 Å². The molecule has 1 aromatic heterocycles. The summed E-state index contributed by atoms with van der Waals surface area (Å²) in [5.41, 5.74) is 0.961. The highest BCUT2D eigenvalue weighted by atomic mass is 32.2. The minimum Gasteiger partial charge on any atom is -0.347 e. The highest BCUT2D eigenvalue weighted by Gasteiger charge is 2.40. The number of aromatic nitrogens is 2. The van der Waals surface area contributed by atoms with Gasteiger partial charge in [-0.1, -0.05) is 18.2 Å². The van der Waals surface area contributed by atoms with Gasteiger partial charge in [0, 0.05) is 32.9 Å². The van der Waals surface area contributed by atoms with Gasteiger partial charge in [-0.3, -0.25) is 4.72 Å². The number of anilines is 3. The summed E-state index contributed by atoms with van der Waals surface area (Å²) in [6.45, 7) is 0.259. The van der Waals surface area contributed by atoms with Crippen molar-refractivity contribution in [1.29, 1.82) is 0 Å². The van der Waals surface area contributed by atoms with E-state index in [1.54, 1.807) is 29.2 Å². The summed E-state index contributed by atoms with van der Waals surface area (Å²) in [7, 11) is 0.101. The Balaban J connectivity index is 1.53. The lowest BCUT2D eigenvalue weighted by molar-refractivity contribution is 0.183. The monoisotopic (exact) mass is 376 g/mol. The van der Waals surface area contributed by atoms with Gasteiger partial charge in [0.15, 0.2) is 0 Å². The molecule has 1 aromatic carbocycles. The smallest absolute Gasteiger partial charge is 0.322 e. The molecule has 0 atom stereocenters. The number of nitrogens with one attached hydrogen (secondary N) is 2. The normalized spacial score (nSPS) is 14.5. The number of carbonyl (C=O) groups excluding carboxylic acids is 1. The number of para-hydroxylation sites is 1. The summed E-state index contributed by atoms with van der Waals surface area (Å²) in [5, 5.41) is 2.02. The van der Waals surface area contributed by atoms with Crippen molar-refractivity contribution in [2.24, 2.45) is 0 Å². The van der Waals surface area contributed by atoms with Crippen LogP contribution in [0.3, 0.4) is 0 Å². The standard InChI is InChI=1S/C16H20N6O3S/c1-21(2)15-17-8-13(9-18-15)19-16(23)22-10-14(11-22)26(24,25)20-12-6-4-3-5-7-12/h3-9,14,20H,10-11H2,1-2H3,(H,19,23). The number of carbonyl (C=O) groups is 1. The molecule has 0 radical (unpaired) electrons. The van der Waals surface area contributed by atoms with Crippen molar-refractivity contribution in [3.8, 4) is 0 Å². The first-order chi connectivity index (χ1) is 12.3. The van der Waals surface area contributed by atoms with E-state index in [2.05, 4.69) is 20.0 Å². The van der Waals surface area contributed by atoms with E-state index in [1.807, 2.05) is 20.2 Å². The topological polar surface area (TPSA) is 108 Å². The van der Waals surface area contributed by atoms with Crippen LogP contribution in [0.2, 0.25) is 0 Å². The van der Waals surface area contributed by atoms with E-state index in [0.717, 1.165) is 0 Å². The number of hydrogen-bond acceptors (Lipinski definition) is 6. The zero-order chi connectivity index (χ0) is 18.7. The largest absolute Gasteiger partial charge is 0.347 e. The van der Waals surface area contributed by atoms with E-state index in [-0.39, 0.29) is 19.1 Å². The Bertz CT molecular complexity index is 865. The van der Waals surface area contributed by atoms with E-state index in [0.29, 0.717) is 17.3 Å². The highest BCUT2D eigenvalue weighted by molar-refractivity contribution is 7.93. The van der Waals surface area contributed by atoms with Gasteiger partial charge in [-0.2, -0.15) is 0 Å². The second-order valence-corrected chi connectivity index (χ2v) is 8.10. The molecule has 0 spiro atoms. The third kappa shape index (κ3) is 4.02. The van der Waals surface area contributed by atoms with Crippen LogP contribution in [0.5, 0.6) is 0 Å². The van der Waals surface area contributed by atoms with Gasteiger partial charge >= 0.3 is 6.03 Å². The number of hydrogen-bond donors (Lipinski definition) is 2. The van der Waals surface area contributed by atoms with Gasteiger partial charge in [0.05, 0.1) is 18.1 Å². The Morgan fingerprint density at radius 2 is 1.73 bits per heavy atom. The molecule has 1 aliphatic heterocycles. The van der Waals surface area contributed by atoms with Crippen molar-refractivity contribution in [2.75, 3.05) is 42.1 Å². The SMILES string of the molecule is CN(C)c1ncc(NC(=O)N2CC(S(=O)(=O)Nc3ccccc3)C2)cn1. The second-order valence-electron chi connectivity index (χ2n) is 6.14. The van der Waals surface area contributed by atoms with Crippen LogP contribution in [0, 0.1) is 0 Å². The van der Waals surface area contributed by atoms with E-state index in [4.69, 9.17) is 0 Å². The fraction of sp³-hybridized carbons (Fsp3) is 0.312. The van der Waals surface area contributed by atoms with Gasteiger partial charge in [-0.25, -0.2) is 23.2 Å². The summed E-state index contributed by atoms with van der Waals surface area (Å²) >= 11 is 0. The maximum atomic E-state index is 12.3. The third-order valence-corrected chi connectivity index (χ3v) is 5.59. The van der Waals surface area contributed by atoms with Gasteiger partial charge in [0.2, 0.25) is 16.0 Å². The number of likely N-dealkylation sites (tertiary alicyclic amines) is 1. The Kier molecular flexibility index (Phi) is 4.94. The highest BCUT2D eigenvalue weighted by Crippen LogP contribution is 2.20. The van der Waals surface area contributed by atoms with Crippen LogP contribution in [-0.2, 0) is 10.0 Å². The molecule has 26 heavy (non-hydrogen) atoms. The molecule has 0 aliphatic carbocycles. The van der Waals surface area contributed by atoms with Crippen LogP contribution in [0.15, 0.2) is 42.7 Å². The molecule has 0 unspecified atom stereocenters. The van der Waals surface area contributed by atoms with Crippen molar-refractivity contribution in [2.45, 2.75) is 5.25 Å². The van der Waals surface area contributed by atoms with E-state index in [1.165, 1.54) is 17.3 Å². The fourth-order valence-electron chi connectivity index (χ4n) is 2.37. The number of nitrogens with zero attached hydrogens (tertiary/aromatic N) is 4. The molecule has 2 aromatic rings. The third-order valence-electron chi connectivity index (χ3n) is 3.90. The number of amides is 2. The molecule has 1 saturated heterocycles. The minimum absolute atomic E-state index is 0.130. The van der Waals surface area contributed by atoms with Gasteiger partial charge in [-0.05, 0) is 12.1 Å². The Morgan fingerprint density at radius 3 is 2.31 bits per heavy atom. The molecule has 0 saturated carbocycles. The van der Waals surface area contributed by atoms with Crippen LogP contribution in [0.1, 0.15) is 0 Å². The number of sulfonamides is 1. The van der Waals surface area contributed by atoms with Crippen LogP contribution >= 0.6 is 0 Å². The molecule has 1 fully saturated rings. The minimum atomic E-state index is -3.53. The molecule has 2 N–H and O–H groups in total. The Labute approximate surface area is 152 Å². The summed E-state index contributed by atoms with van der Waals surface area (Å²) < 4.78 is 27.2. The number of rotatable bonds is 5. The molecule has 3 rings (SSSR count). The van der Waals surface area contributed by atoms with Crippen LogP contribution in [0.4, 0.5) is 22.1 Å². The van der Waals surface area contributed by atoms with Gasteiger partial charge in [0.25, 0.3) is 0 Å². The van der Waals surface area contributed by atoms with Crippen molar-refractivity contribution in [3.63, 3.8) is 0 Å². The van der Waals surface area contributed by atoms with Crippen LogP contribution in [0.25, 0.3) is 0 Å². The summed E-state index contributed by atoms with van der Waals surface area (Å²) in [6, 6.07) is 8.29. The second kappa shape index (κ2) is 7.16. The zero-order valence-electron chi connectivity index (χ0n) is 14.5. The first kappa shape index (κ1) is 17.9. The quantitative estimate of drug-likeness (QED) is 0.812. The lowest BCUT2D eigenvalue weighted by Gasteiger charge is -2.38. The molecular weight excluding hydrogens is 356 g/mol. The Morgan fingerprint density at radius 1 is 1.12 bits per heavy atom. The molecule has 2 amide bonds.